The highest BCUT2D eigenvalue weighted by atomic mass is 16.5. The maximum atomic E-state index is 12.9. The van der Waals surface area contributed by atoms with Gasteiger partial charge in [0.25, 0.3) is 5.95 Å². The van der Waals surface area contributed by atoms with Crippen LogP contribution in [-0.2, 0) is 6.42 Å². The predicted molar refractivity (Wildman–Crippen MR) is 109 cm³/mol. The van der Waals surface area contributed by atoms with Crippen LogP contribution in [0.25, 0.3) is 5.95 Å². The molecule has 2 heterocycles. The van der Waals surface area contributed by atoms with Crippen LogP contribution in [0.2, 0.25) is 0 Å². The fraction of sp³-hybridized carbons (Fsp3) is 0.350. The summed E-state index contributed by atoms with van der Waals surface area (Å²) in [5.74, 6) is 1.41. The number of nitrogens with one attached hydrogen (secondary N) is 1. The van der Waals surface area contributed by atoms with E-state index in [1.165, 1.54) is 4.68 Å². The quantitative estimate of drug-likeness (QED) is 0.608. The summed E-state index contributed by atoms with van der Waals surface area (Å²) < 4.78 is 12.0. The molecule has 0 aliphatic carbocycles. The van der Waals surface area contributed by atoms with E-state index in [9.17, 15) is 4.79 Å². The second-order valence-corrected chi connectivity index (χ2v) is 6.30. The molecule has 9 heteroatoms. The normalized spacial score (nSPS) is 11.2. The lowest BCUT2D eigenvalue weighted by atomic mass is 10.2. The lowest BCUT2D eigenvalue weighted by Gasteiger charge is -2.11. The standard InChI is InChI=1S/C20H24N6O3/c1-6-16-12(3)21-20(22-18(16)29-7-2)26-19(27)17(13(4)25-26)24-23-14-8-10-15(28-5)11-9-14/h8-11,25H,6-7H2,1-5H3. The first-order valence-corrected chi connectivity index (χ1v) is 9.36. The molecule has 0 radical (unpaired) electrons. The van der Waals surface area contributed by atoms with Crippen LogP contribution < -0.4 is 15.0 Å². The zero-order valence-electron chi connectivity index (χ0n) is 17.2. The second-order valence-electron chi connectivity index (χ2n) is 6.30. The number of azo groups is 1. The topological polar surface area (TPSA) is 107 Å². The van der Waals surface area contributed by atoms with E-state index in [0.717, 1.165) is 23.4 Å². The Bertz CT molecular complexity index is 1080. The molecule has 0 spiro atoms. The van der Waals surface area contributed by atoms with E-state index in [1.54, 1.807) is 38.3 Å². The molecule has 0 aliphatic rings. The Morgan fingerprint density at radius 3 is 2.45 bits per heavy atom. The van der Waals surface area contributed by atoms with Crippen molar-refractivity contribution in [2.45, 2.75) is 34.1 Å². The lowest BCUT2D eigenvalue weighted by molar-refractivity contribution is 0.321. The maximum absolute atomic E-state index is 12.9. The van der Waals surface area contributed by atoms with E-state index in [0.29, 0.717) is 23.9 Å². The van der Waals surface area contributed by atoms with Crippen molar-refractivity contribution in [3.63, 3.8) is 0 Å². The van der Waals surface area contributed by atoms with Crippen LogP contribution in [0.15, 0.2) is 39.3 Å². The molecule has 0 unspecified atom stereocenters. The van der Waals surface area contributed by atoms with Crippen molar-refractivity contribution >= 4 is 11.4 Å². The minimum atomic E-state index is -0.383. The van der Waals surface area contributed by atoms with E-state index < -0.39 is 0 Å². The van der Waals surface area contributed by atoms with Crippen LogP contribution >= 0.6 is 0 Å². The first-order chi connectivity index (χ1) is 14.0. The molecule has 0 atom stereocenters. The molecule has 1 aromatic carbocycles. The largest absolute Gasteiger partial charge is 0.497 e. The number of ether oxygens (including phenoxy) is 2. The van der Waals surface area contributed by atoms with E-state index in [4.69, 9.17) is 9.47 Å². The number of aromatic nitrogens is 4. The van der Waals surface area contributed by atoms with Gasteiger partial charge >= 0.3 is 5.56 Å². The Labute approximate surface area is 168 Å². The Kier molecular flexibility index (Phi) is 6.06. The smallest absolute Gasteiger partial charge is 0.301 e. The van der Waals surface area contributed by atoms with Gasteiger partial charge in [-0.25, -0.2) is 4.98 Å². The molecule has 1 N–H and O–H groups in total. The first kappa shape index (κ1) is 20.2. The van der Waals surface area contributed by atoms with Crippen molar-refractivity contribution < 1.29 is 9.47 Å². The molecule has 152 valence electrons. The summed E-state index contributed by atoms with van der Waals surface area (Å²) in [5.41, 5.74) is 2.67. The first-order valence-electron chi connectivity index (χ1n) is 9.36. The van der Waals surface area contributed by atoms with Crippen molar-refractivity contribution in [2.24, 2.45) is 10.2 Å². The number of nitrogens with zero attached hydrogens (tertiary/aromatic N) is 5. The van der Waals surface area contributed by atoms with E-state index in [-0.39, 0.29) is 17.2 Å². The van der Waals surface area contributed by atoms with Gasteiger partial charge in [0.15, 0.2) is 5.69 Å². The molecular formula is C20H24N6O3. The third kappa shape index (κ3) is 4.18. The Hall–Kier alpha value is -3.49. The highest BCUT2D eigenvalue weighted by molar-refractivity contribution is 5.44. The highest BCUT2D eigenvalue weighted by Gasteiger charge is 2.18. The van der Waals surface area contributed by atoms with Crippen molar-refractivity contribution in [1.29, 1.82) is 0 Å². The third-order valence-electron chi connectivity index (χ3n) is 4.38. The molecule has 3 aromatic rings. The van der Waals surface area contributed by atoms with Gasteiger partial charge in [-0.2, -0.15) is 14.8 Å². The Balaban J connectivity index is 1.99. The molecule has 9 nitrogen and oxygen atoms in total. The second kappa shape index (κ2) is 8.68. The zero-order valence-corrected chi connectivity index (χ0v) is 17.2. The third-order valence-corrected chi connectivity index (χ3v) is 4.38. The number of hydrogen-bond acceptors (Lipinski definition) is 7. The average Bonchev–Trinajstić information content (AvgIpc) is 3.00. The van der Waals surface area contributed by atoms with Crippen LogP contribution in [0.5, 0.6) is 11.6 Å². The number of methoxy groups -OCH3 is 1. The van der Waals surface area contributed by atoms with Crippen molar-refractivity contribution in [3.05, 3.63) is 51.6 Å². The van der Waals surface area contributed by atoms with E-state index in [1.807, 2.05) is 20.8 Å². The summed E-state index contributed by atoms with van der Waals surface area (Å²) >= 11 is 0. The molecule has 29 heavy (non-hydrogen) atoms. The summed E-state index contributed by atoms with van der Waals surface area (Å²) in [5, 5.41) is 11.2. The fourth-order valence-corrected chi connectivity index (χ4v) is 2.87. The van der Waals surface area contributed by atoms with Crippen LogP contribution in [0, 0.1) is 13.8 Å². The number of benzene rings is 1. The van der Waals surface area contributed by atoms with Gasteiger partial charge in [-0.3, -0.25) is 9.89 Å². The van der Waals surface area contributed by atoms with Gasteiger partial charge < -0.3 is 9.47 Å². The summed E-state index contributed by atoms with van der Waals surface area (Å²) in [6.07, 6.45) is 0.738. The van der Waals surface area contributed by atoms with E-state index in [2.05, 4.69) is 25.3 Å². The molecule has 0 saturated heterocycles. The molecule has 3 rings (SSSR count). The van der Waals surface area contributed by atoms with Crippen molar-refractivity contribution in [2.75, 3.05) is 13.7 Å². The number of aromatic amines is 1. The number of hydrogen-bond donors (Lipinski definition) is 1. The summed E-state index contributed by atoms with van der Waals surface area (Å²) in [6, 6.07) is 7.07. The summed E-state index contributed by atoms with van der Waals surface area (Å²) in [7, 11) is 1.59. The number of rotatable bonds is 7. The summed E-state index contributed by atoms with van der Waals surface area (Å²) in [6.45, 7) is 7.99. The van der Waals surface area contributed by atoms with Crippen LogP contribution in [0.1, 0.15) is 30.8 Å². The minimum Gasteiger partial charge on any atom is -0.497 e. The van der Waals surface area contributed by atoms with Gasteiger partial charge in [-0.05, 0) is 51.5 Å². The highest BCUT2D eigenvalue weighted by Crippen LogP contribution is 2.23. The van der Waals surface area contributed by atoms with Gasteiger partial charge in [-0.1, -0.05) is 6.92 Å². The monoisotopic (exact) mass is 396 g/mol. The zero-order chi connectivity index (χ0) is 21.0. The number of H-pyrrole nitrogens is 1. The Morgan fingerprint density at radius 1 is 1.10 bits per heavy atom. The summed E-state index contributed by atoms with van der Waals surface area (Å²) in [4.78, 5) is 21.8. The Morgan fingerprint density at radius 2 is 1.83 bits per heavy atom. The van der Waals surface area contributed by atoms with Crippen LogP contribution in [0.3, 0.4) is 0 Å². The maximum Gasteiger partial charge on any atom is 0.301 e. The number of aryl methyl sites for hydroxylation is 2. The van der Waals surface area contributed by atoms with Crippen LogP contribution in [0.4, 0.5) is 11.4 Å². The lowest BCUT2D eigenvalue weighted by Crippen LogP contribution is -2.19. The molecule has 0 fully saturated rings. The molecule has 2 aromatic heterocycles. The van der Waals surface area contributed by atoms with Gasteiger partial charge in [0.2, 0.25) is 5.88 Å². The van der Waals surface area contributed by atoms with Crippen molar-refractivity contribution in [3.8, 4) is 17.6 Å². The average molecular weight is 396 g/mol. The minimum absolute atomic E-state index is 0.194. The molecule has 0 amide bonds. The van der Waals surface area contributed by atoms with Gasteiger partial charge in [-0.15, -0.1) is 5.11 Å². The van der Waals surface area contributed by atoms with E-state index >= 15 is 0 Å². The SMILES string of the molecule is CCOc1nc(-n2[nH]c(C)c(N=Nc3ccc(OC)cc3)c2=O)nc(C)c1CC. The fourth-order valence-electron chi connectivity index (χ4n) is 2.87. The molecule has 0 aliphatic heterocycles. The molecular weight excluding hydrogens is 372 g/mol. The van der Waals surface area contributed by atoms with Crippen molar-refractivity contribution in [1.82, 2.24) is 19.7 Å². The predicted octanol–water partition coefficient (Wildman–Crippen LogP) is 3.96. The molecule has 0 saturated carbocycles. The van der Waals surface area contributed by atoms with Crippen LogP contribution in [-0.4, -0.2) is 33.5 Å². The molecule has 0 bridgehead atoms. The van der Waals surface area contributed by atoms with Gasteiger partial charge in [0, 0.05) is 11.3 Å². The van der Waals surface area contributed by atoms with Gasteiger partial charge in [0.1, 0.15) is 5.75 Å². The van der Waals surface area contributed by atoms with Gasteiger partial charge in [0.05, 0.1) is 25.1 Å².